The number of halogens is 1. The predicted molar refractivity (Wildman–Crippen MR) is 45.1 cm³/mol. The van der Waals surface area contributed by atoms with Crippen LogP contribution in [0, 0.1) is 0 Å². The van der Waals surface area contributed by atoms with Crippen LogP contribution in [0.25, 0.3) is 0 Å². The van der Waals surface area contributed by atoms with Crippen molar-refractivity contribution in [3.63, 3.8) is 0 Å². The van der Waals surface area contributed by atoms with E-state index in [0.717, 1.165) is 4.67 Å². The summed E-state index contributed by atoms with van der Waals surface area (Å²) < 4.78 is 5.91. The first-order valence-electron chi connectivity index (χ1n) is 3.24. The molecule has 1 rings (SSSR count). The fourth-order valence-electron chi connectivity index (χ4n) is 0.703. The Balaban J connectivity index is 2.96. The van der Waals surface area contributed by atoms with Crippen molar-refractivity contribution in [2.75, 3.05) is 0 Å². The Labute approximate surface area is 69.6 Å². The maximum absolute atomic E-state index is 5.11. The Morgan fingerprint density at radius 2 is 2.00 bits per heavy atom. The molecule has 0 spiro atoms. The molecule has 10 heavy (non-hydrogen) atoms. The standard InChI is InChI=1S/C8H11BrO/c1-8(2,3)6-4-7(9)10-5-6/h4-5H,1-3H3. The third-order valence-corrected chi connectivity index (χ3v) is 1.85. The SMILES string of the molecule is CC(C)(C)c1coc(Br)c1. The van der Waals surface area contributed by atoms with Crippen LogP contribution in [0.15, 0.2) is 21.4 Å². The van der Waals surface area contributed by atoms with E-state index in [1.165, 1.54) is 5.56 Å². The highest BCUT2D eigenvalue weighted by molar-refractivity contribution is 9.10. The zero-order chi connectivity index (χ0) is 7.78. The van der Waals surface area contributed by atoms with Crippen LogP contribution in [0.4, 0.5) is 0 Å². The van der Waals surface area contributed by atoms with Crippen LogP contribution < -0.4 is 0 Å². The summed E-state index contributed by atoms with van der Waals surface area (Å²) in [6.45, 7) is 6.47. The van der Waals surface area contributed by atoms with Gasteiger partial charge in [-0.3, -0.25) is 0 Å². The molecule has 0 atom stereocenters. The quantitative estimate of drug-likeness (QED) is 0.630. The van der Waals surface area contributed by atoms with E-state index in [4.69, 9.17) is 4.42 Å². The maximum Gasteiger partial charge on any atom is 0.169 e. The van der Waals surface area contributed by atoms with Gasteiger partial charge in [0.2, 0.25) is 0 Å². The third-order valence-electron chi connectivity index (χ3n) is 1.43. The smallest absolute Gasteiger partial charge is 0.169 e. The summed E-state index contributed by atoms with van der Waals surface area (Å²) in [5, 5.41) is 0. The molecule has 0 aliphatic rings. The highest BCUT2D eigenvalue weighted by atomic mass is 79.9. The van der Waals surface area contributed by atoms with Gasteiger partial charge >= 0.3 is 0 Å². The van der Waals surface area contributed by atoms with E-state index in [1.54, 1.807) is 6.26 Å². The number of furan rings is 1. The van der Waals surface area contributed by atoms with Gasteiger partial charge in [0.1, 0.15) is 0 Å². The van der Waals surface area contributed by atoms with Gasteiger partial charge in [0.25, 0.3) is 0 Å². The van der Waals surface area contributed by atoms with Crippen molar-refractivity contribution in [2.24, 2.45) is 0 Å². The summed E-state index contributed by atoms with van der Waals surface area (Å²) in [5.74, 6) is 0. The molecule has 0 N–H and O–H groups in total. The molecule has 1 aromatic rings. The second-order valence-corrected chi connectivity index (χ2v) is 4.17. The molecule has 1 aromatic heterocycles. The Hall–Kier alpha value is -0.240. The van der Waals surface area contributed by atoms with Crippen LogP contribution in [0.3, 0.4) is 0 Å². The van der Waals surface area contributed by atoms with Crippen molar-refractivity contribution in [3.05, 3.63) is 22.6 Å². The Kier molecular flexibility index (Phi) is 1.90. The first-order chi connectivity index (χ1) is 4.50. The normalized spacial score (nSPS) is 12.0. The minimum Gasteiger partial charge on any atom is -0.457 e. The van der Waals surface area contributed by atoms with Gasteiger partial charge in [0.05, 0.1) is 6.26 Å². The van der Waals surface area contributed by atoms with E-state index >= 15 is 0 Å². The van der Waals surface area contributed by atoms with Crippen LogP contribution in [0.5, 0.6) is 0 Å². The van der Waals surface area contributed by atoms with E-state index in [0.29, 0.717) is 0 Å². The molecule has 0 fully saturated rings. The summed E-state index contributed by atoms with van der Waals surface area (Å²) in [6, 6.07) is 2.00. The van der Waals surface area contributed by atoms with Gasteiger partial charge in [-0.05, 0) is 33.0 Å². The fourth-order valence-corrected chi connectivity index (χ4v) is 1.04. The number of hydrogen-bond donors (Lipinski definition) is 0. The van der Waals surface area contributed by atoms with E-state index in [1.807, 2.05) is 6.07 Å². The van der Waals surface area contributed by atoms with Crippen molar-refractivity contribution < 1.29 is 4.42 Å². The Bertz CT molecular complexity index is 219. The van der Waals surface area contributed by atoms with E-state index in [9.17, 15) is 0 Å². The topological polar surface area (TPSA) is 13.1 Å². The van der Waals surface area contributed by atoms with Gasteiger partial charge in [-0.1, -0.05) is 20.8 Å². The predicted octanol–water partition coefficient (Wildman–Crippen LogP) is 3.34. The molecule has 0 aromatic carbocycles. The molecule has 0 aliphatic carbocycles. The highest BCUT2D eigenvalue weighted by Gasteiger charge is 2.15. The lowest BCUT2D eigenvalue weighted by Crippen LogP contribution is -2.08. The summed E-state index contributed by atoms with van der Waals surface area (Å²) in [5.41, 5.74) is 1.41. The molecule has 56 valence electrons. The van der Waals surface area contributed by atoms with Gasteiger partial charge < -0.3 is 4.42 Å². The third kappa shape index (κ3) is 1.63. The van der Waals surface area contributed by atoms with Crippen molar-refractivity contribution in [3.8, 4) is 0 Å². The van der Waals surface area contributed by atoms with Crippen LogP contribution in [0.1, 0.15) is 26.3 Å². The molecule has 0 saturated carbocycles. The minimum atomic E-state index is 0.190. The lowest BCUT2D eigenvalue weighted by Gasteiger charge is -2.14. The van der Waals surface area contributed by atoms with E-state index in [-0.39, 0.29) is 5.41 Å². The fraction of sp³-hybridized carbons (Fsp3) is 0.500. The molecular formula is C8H11BrO. The van der Waals surface area contributed by atoms with Crippen LogP contribution in [-0.2, 0) is 5.41 Å². The summed E-state index contributed by atoms with van der Waals surface area (Å²) in [6.07, 6.45) is 1.78. The van der Waals surface area contributed by atoms with Gasteiger partial charge in [-0.2, -0.15) is 0 Å². The lowest BCUT2D eigenvalue weighted by molar-refractivity contribution is 0.521. The first-order valence-corrected chi connectivity index (χ1v) is 4.04. The van der Waals surface area contributed by atoms with Crippen molar-refractivity contribution in [1.82, 2.24) is 0 Å². The molecule has 1 heterocycles. The highest BCUT2D eigenvalue weighted by Crippen LogP contribution is 2.26. The average Bonchev–Trinajstić information content (AvgIpc) is 2.11. The van der Waals surface area contributed by atoms with Crippen molar-refractivity contribution in [2.45, 2.75) is 26.2 Å². The van der Waals surface area contributed by atoms with Crippen molar-refractivity contribution in [1.29, 1.82) is 0 Å². The molecule has 0 saturated heterocycles. The maximum atomic E-state index is 5.11. The Morgan fingerprint density at radius 3 is 2.20 bits per heavy atom. The molecule has 1 nitrogen and oxygen atoms in total. The average molecular weight is 203 g/mol. The van der Waals surface area contributed by atoms with Gasteiger partial charge in [-0.25, -0.2) is 0 Å². The van der Waals surface area contributed by atoms with Gasteiger partial charge in [0.15, 0.2) is 4.67 Å². The van der Waals surface area contributed by atoms with Crippen LogP contribution in [0.2, 0.25) is 0 Å². The van der Waals surface area contributed by atoms with E-state index < -0.39 is 0 Å². The van der Waals surface area contributed by atoms with Crippen LogP contribution in [-0.4, -0.2) is 0 Å². The zero-order valence-electron chi connectivity index (χ0n) is 6.44. The van der Waals surface area contributed by atoms with Gasteiger partial charge in [-0.15, -0.1) is 0 Å². The summed E-state index contributed by atoms with van der Waals surface area (Å²) in [7, 11) is 0. The molecular weight excluding hydrogens is 192 g/mol. The van der Waals surface area contributed by atoms with Crippen LogP contribution >= 0.6 is 15.9 Å². The molecule has 0 radical (unpaired) electrons. The largest absolute Gasteiger partial charge is 0.457 e. The zero-order valence-corrected chi connectivity index (χ0v) is 8.03. The molecule has 0 bridgehead atoms. The molecule has 2 heteroatoms. The van der Waals surface area contributed by atoms with Gasteiger partial charge in [0, 0.05) is 0 Å². The van der Waals surface area contributed by atoms with Crippen molar-refractivity contribution >= 4 is 15.9 Å². The number of hydrogen-bond acceptors (Lipinski definition) is 1. The summed E-state index contributed by atoms with van der Waals surface area (Å²) in [4.78, 5) is 0. The second-order valence-electron chi connectivity index (χ2n) is 3.39. The molecule has 0 amide bonds. The summed E-state index contributed by atoms with van der Waals surface area (Å²) >= 11 is 3.26. The first kappa shape index (κ1) is 7.86. The van der Waals surface area contributed by atoms with E-state index in [2.05, 4.69) is 36.7 Å². The number of rotatable bonds is 0. The lowest BCUT2D eigenvalue weighted by atomic mass is 9.89. The monoisotopic (exact) mass is 202 g/mol. The molecule has 0 aliphatic heterocycles. The minimum absolute atomic E-state index is 0.190. The Morgan fingerprint density at radius 1 is 1.40 bits per heavy atom. The molecule has 0 unspecified atom stereocenters. The second kappa shape index (κ2) is 2.42.